The zero-order valence-electron chi connectivity index (χ0n) is 17.7. The Labute approximate surface area is 205 Å². The smallest absolute Gasteiger partial charge is 0.338 e. The van der Waals surface area contributed by atoms with Crippen LogP contribution in [0.15, 0.2) is 48.5 Å². The molecule has 0 saturated carbocycles. The summed E-state index contributed by atoms with van der Waals surface area (Å²) in [6.45, 7) is 2.64. The molecular weight excluding hydrogens is 496 g/mol. The molecule has 3 nitrogen and oxygen atoms in total. The van der Waals surface area contributed by atoms with Crippen molar-refractivity contribution in [3.05, 3.63) is 80.3 Å². The lowest BCUT2D eigenvalue weighted by atomic mass is 9.89. The van der Waals surface area contributed by atoms with Crippen molar-refractivity contribution in [3.8, 4) is 0 Å². The summed E-state index contributed by atoms with van der Waals surface area (Å²) in [6.07, 6.45) is -4.47. The first-order valence-corrected chi connectivity index (χ1v) is 11.5. The van der Waals surface area contributed by atoms with Gasteiger partial charge in [0.1, 0.15) is 0 Å². The van der Waals surface area contributed by atoms with E-state index in [1.165, 1.54) is 12.1 Å². The van der Waals surface area contributed by atoms with Crippen LogP contribution in [0.2, 0.25) is 15.1 Å². The van der Waals surface area contributed by atoms with Crippen molar-refractivity contribution >= 4 is 51.6 Å². The van der Waals surface area contributed by atoms with Gasteiger partial charge in [-0.05, 0) is 59.4 Å². The Hall–Kier alpha value is -2.15. The van der Waals surface area contributed by atoms with Gasteiger partial charge in [-0.25, -0.2) is 4.79 Å². The average molecular weight is 518 g/mol. The second kappa shape index (κ2) is 10.9. The molecule has 0 bridgehead atoms. The summed E-state index contributed by atoms with van der Waals surface area (Å²) in [5.41, 5.74) is 1.64. The molecule has 0 heterocycles. The first-order chi connectivity index (χ1) is 15.6. The topological polar surface area (TPSA) is 41.1 Å². The lowest BCUT2D eigenvalue weighted by molar-refractivity contribution is -0.151. The van der Waals surface area contributed by atoms with Crippen LogP contribution in [0.3, 0.4) is 0 Å². The van der Waals surface area contributed by atoms with Crippen LogP contribution in [0.1, 0.15) is 36.0 Å². The van der Waals surface area contributed by atoms with Crippen molar-refractivity contribution < 1.29 is 18.0 Å². The summed E-state index contributed by atoms with van der Waals surface area (Å²) in [7, 11) is 0. The van der Waals surface area contributed by atoms with Gasteiger partial charge in [-0.2, -0.15) is 13.2 Å². The standard InChI is InChI=1S/C24H22Cl3F3N2O/c1-2-31-23(33)32-13-15-8-7-14(17-5-3-4-6-18(15)17)9-10-19(24(28,29)30)16-11-20(25)22(27)21(26)12-16/h3-8,11-12,19H,2,9-10,13H2,1H3,(H2,31,32,33). The molecule has 0 saturated heterocycles. The highest BCUT2D eigenvalue weighted by Crippen LogP contribution is 2.42. The number of alkyl halides is 3. The summed E-state index contributed by atoms with van der Waals surface area (Å²) in [6, 6.07) is 13.3. The summed E-state index contributed by atoms with van der Waals surface area (Å²) in [5.74, 6) is -1.75. The lowest BCUT2D eigenvalue weighted by Gasteiger charge is -2.22. The number of hydrogen-bond acceptors (Lipinski definition) is 1. The van der Waals surface area contributed by atoms with E-state index in [2.05, 4.69) is 10.6 Å². The molecule has 0 spiro atoms. The van der Waals surface area contributed by atoms with Crippen LogP contribution in [0.5, 0.6) is 0 Å². The maximum Gasteiger partial charge on any atom is 0.395 e. The van der Waals surface area contributed by atoms with Crippen molar-refractivity contribution in [2.45, 2.75) is 38.4 Å². The fourth-order valence-electron chi connectivity index (χ4n) is 3.79. The molecule has 1 atom stereocenters. The van der Waals surface area contributed by atoms with Crippen LogP contribution >= 0.6 is 34.8 Å². The number of aryl methyl sites for hydroxylation is 1. The minimum absolute atomic E-state index is 0.0113. The predicted octanol–water partition coefficient (Wildman–Crippen LogP) is 7.90. The second-order valence-corrected chi connectivity index (χ2v) is 8.77. The van der Waals surface area contributed by atoms with E-state index in [0.717, 1.165) is 21.9 Å². The number of benzene rings is 3. The Morgan fingerprint density at radius 2 is 1.52 bits per heavy atom. The molecule has 2 amide bonds. The van der Waals surface area contributed by atoms with Crippen molar-refractivity contribution in [2.75, 3.05) is 6.54 Å². The van der Waals surface area contributed by atoms with Gasteiger partial charge in [0, 0.05) is 13.1 Å². The molecule has 33 heavy (non-hydrogen) atoms. The van der Waals surface area contributed by atoms with Gasteiger partial charge in [-0.3, -0.25) is 0 Å². The van der Waals surface area contributed by atoms with E-state index in [1.54, 1.807) is 0 Å². The Bertz CT molecular complexity index is 1130. The van der Waals surface area contributed by atoms with Crippen molar-refractivity contribution in [2.24, 2.45) is 0 Å². The van der Waals surface area contributed by atoms with E-state index in [1.807, 2.05) is 43.3 Å². The van der Waals surface area contributed by atoms with Gasteiger partial charge in [0.05, 0.1) is 21.0 Å². The second-order valence-electron chi connectivity index (χ2n) is 7.57. The van der Waals surface area contributed by atoms with Crippen molar-refractivity contribution in [1.82, 2.24) is 10.6 Å². The van der Waals surface area contributed by atoms with E-state index >= 15 is 0 Å². The van der Waals surface area contributed by atoms with E-state index in [-0.39, 0.29) is 39.5 Å². The lowest BCUT2D eigenvalue weighted by Crippen LogP contribution is -2.34. The van der Waals surface area contributed by atoms with Crippen LogP contribution in [-0.2, 0) is 13.0 Å². The molecule has 0 fully saturated rings. The molecule has 0 aromatic heterocycles. The Morgan fingerprint density at radius 3 is 2.09 bits per heavy atom. The highest BCUT2D eigenvalue weighted by Gasteiger charge is 2.40. The molecule has 0 aliphatic heterocycles. The Morgan fingerprint density at radius 1 is 0.939 bits per heavy atom. The minimum Gasteiger partial charge on any atom is -0.338 e. The summed E-state index contributed by atoms with van der Waals surface area (Å²) >= 11 is 17.9. The van der Waals surface area contributed by atoms with Gasteiger partial charge in [0.15, 0.2) is 0 Å². The molecule has 0 aliphatic rings. The van der Waals surface area contributed by atoms with Gasteiger partial charge >= 0.3 is 12.2 Å². The molecule has 2 N–H and O–H groups in total. The molecular formula is C24H22Cl3F3N2O. The normalized spacial score (nSPS) is 12.6. The van der Waals surface area contributed by atoms with Gasteiger partial charge < -0.3 is 10.6 Å². The van der Waals surface area contributed by atoms with E-state index in [0.29, 0.717) is 13.1 Å². The third kappa shape index (κ3) is 6.25. The summed E-state index contributed by atoms with van der Waals surface area (Å²) in [5, 5.41) is 7.19. The molecule has 1 unspecified atom stereocenters. The SMILES string of the molecule is CCNC(=O)NCc1ccc(CCC(c2cc(Cl)c(Cl)c(Cl)c2)C(F)(F)F)c2ccccc12. The van der Waals surface area contributed by atoms with E-state index in [9.17, 15) is 18.0 Å². The first kappa shape index (κ1) is 25.5. The predicted molar refractivity (Wildman–Crippen MR) is 128 cm³/mol. The Kier molecular flexibility index (Phi) is 8.38. The Balaban J connectivity index is 1.87. The number of carbonyl (C=O) groups excluding carboxylic acids is 1. The monoisotopic (exact) mass is 516 g/mol. The quantitative estimate of drug-likeness (QED) is 0.307. The fourth-order valence-corrected chi connectivity index (χ4v) is 4.40. The molecule has 176 valence electrons. The van der Waals surface area contributed by atoms with Crippen molar-refractivity contribution in [1.29, 1.82) is 0 Å². The maximum atomic E-state index is 13.9. The number of carbonyl (C=O) groups is 1. The van der Waals surface area contributed by atoms with Gasteiger partial charge in [0.2, 0.25) is 0 Å². The maximum absolute atomic E-state index is 13.9. The van der Waals surface area contributed by atoms with E-state index in [4.69, 9.17) is 34.8 Å². The highest BCUT2D eigenvalue weighted by atomic mass is 35.5. The first-order valence-electron chi connectivity index (χ1n) is 10.3. The fraction of sp³-hybridized carbons (Fsp3) is 0.292. The number of halogens is 6. The molecule has 3 aromatic carbocycles. The number of hydrogen-bond donors (Lipinski definition) is 2. The zero-order chi connectivity index (χ0) is 24.2. The minimum atomic E-state index is -4.48. The van der Waals surface area contributed by atoms with E-state index < -0.39 is 12.1 Å². The molecule has 0 aliphatic carbocycles. The summed E-state index contributed by atoms with van der Waals surface area (Å²) < 4.78 is 41.8. The third-order valence-electron chi connectivity index (χ3n) is 5.39. The number of rotatable bonds is 7. The third-order valence-corrected chi connectivity index (χ3v) is 6.58. The van der Waals surface area contributed by atoms with Crippen molar-refractivity contribution in [3.63, 3.8) is 0 Å². The highest BCUT2D eigenvalue weighted by molar-refractivity contribution is 6.48. The van der Waals surface area contributed by atoms with Gasteiger partial charge in [0.25, 0.3) is 0 Å². The largest absolute Gasteiger partial charge is 0.395 e. The number of fused-ring (bicyclic) bond motifs is 1. The molecule has 9 heteroatoms. The van der Waals surface area contributed by atoms with Gasteiger partial charge in [-0.15, -0.1) is 0 Å². The average Bonchev–Trinajstić information content (AvgIpc) is 2.76. The molecule has 0 radical (unpaired) electrons. The zero-order valence-corrected chi connectivity index (χ0v) is 20.0. The molecule has 3 rings (SSSR count). The van der Waals surface area contributed by atoms with Crippen LogP contribution in [0.4, 0.5) is 18.0 Å². The van der Waals surface area contributed by atoms with Crippen LogP contribution in [0.25, 0.3) is 10.8 Å². The van der Waals surface area contributed by atoms with Crippen LogP contribution in [-0.4, -0.2) is 18.8 Å². The number of nitrogens with one attached hydrogen (secondary N) is 2. The molecule has 3 aromatic rings. The summed E-state index contributed by atoms with van der Waals surface area (Å²) in [4.78, 5) is 11.7. The number of urea groups is 1. The van der Waals surface area contributed by atoms with Crippen LogP contribution < -0.4 is 10.6 Å². The number of amides is 2. The van der Waals surface area contributed by atoms with Crippen LogP contribution in [0, 0.1) is 0 Å². The van der Waals surface area contributed by atoms with Gasteiger partial charge in [-0.1, -0.05) is 71.2 Å².